The van der Waals surface area contributed by atoms with Gasteiger partial charge in [-0.1, -0.05) is 34.1 Å². The van der Waals surface area contributed by atoms with Gasteiger partial charge < -0.3 is 14.3 Å². The summed E-state index contributed by atoms with van der Waals surface area (Å²) in [6, 6.07) is 11.1. The fourth-order valence-corrected chi connectivity index (χ4v) is 4.23. The zero-order valence-corrected chi connectivity index (χ0v) is 17.3. The highest BCUT2D eigenvalue weighted by atomic mass is 79.9. The third-order valence-electron chi connectivity index (χ3n) is 5.10. The molecule has 1 aromatic heterocycles. The Bertz CT molecular complexity index is 1030. The molecule has 7 heteroatoms. The summed E-state index contributed by atoms with van der Waals surface area (Å²) in [7, 11) is 0. The van der Waals surface area contributed by atoms with Gasteiger partial charge in [-0.2, -0.15) is 0 Å². The third-order valence-corrected chi connectivity index (χ3v) is 5.56. The Morgan fingerprint density at radius 3 is 2.86 bits per heavy atom. The minimum absolute atomic E-state index is 0.0938. The van der Waals surface area contributed by atoms with Gasteiger partial charge in [-0.3, -0.25) is 9.69 Å². The predicted octanol–water partition coefficient (Wildman–Crippen LogP) is 4.95. The van der Waals surface area contributed by atoms with Crippen molar-refractivity contribution in [3.63, 3.8) is 0 Å². The van der Waals surface area contributed by atoms with Gasteiger partial charge in [-0.05, 0) is 24.6 Å². The lowest BCUT2D eigenvalue weighted by atomic mass is 10.1. The van der Waals surface area contributed by atoms with Crippen LogP contribution < -0.4 is 4.74 Å². The van der Waals surface area contributed by atoms with Gasteiger partial charge in [0.2, 0.25) is 0 Å². The van der Waals surface area contributed by atoms with E-state index in [0.717, 1.165) is 33.1 Å². The Kier molecular flexibility index (Phi) is 5.87. The summed E-state index contributed by atoms with van der Waals surface area (Å²) in [5, 5.41) is 10.0. The van der Waals surface area contributed by atoms with E-state index >= 15 is 0 Å². The van der Waals surface area contributed by atoms with E-state index < -0.39 is 12.1 Å². The summed E-state index contributed by atoms with van der Waals surface area (Å²) in [6.45, 7) is 2.08. The van der Waals surface area contributed by atoms with Gasteiger partial charge in [-0.25, -0.2) is 4.39 Å². The van der Waals surface area contributed by atoms with Crippen molar-refractivity contribution in [2.45, 2.75) is 32.2 Å². The van der Waals surface area contributed by atoms with Crippen LogP contribution in [0.2, 0.25) is 0 Å². The number of carbonyl (C=O) groups is 1. The molecule has 5 nitrogen and oxygen atoms in total. The summed E-state index contributed by atoms with van der Waals surface area (Å²) in [5.74, 6) is -0.355. The molecule has 1 unspecified atom stereocenters. The van der Waals surface area contributed by atoms with Gasteiger partial charge in [0.1, 0.15) is 24.1 Å². The fraction of sp³-hybridized carbons (Fsp3) is 0.318. The van der Waals surface area contributed by atoms with Crippen molar-refractivity contribution >= 4 is 32.9 Å². The summed E-state index contributed by atoms with van der Waals surface area (Å²) in [5.41, 5.74) is 3.27. The SMILES string of the molecule is O=C(O)Cc1ccccc1OCc1coc2c(CN3CCC(F)C3)cc(Br)cc12. The molecule has 1 aliphatic heterocycles. The molecule has 152 valence electrons. The highest BCUT2D eigenvalue weighted by Gasteiger charge is 2.23. The van der Waals surface area contributed by atoms with Crippen LogP contribution >= 0.6 is 15.9 Å². The molecule has 1 fully saturated rings. The predicted molar refractivity (Wildman–Crippen MR) is 111 cm³/mol. The lowest BCUT2D eigenvalue weighted by Crippen LogP contribution is -2.20. The molecule has 0 aliphatic carbocycles. The summed E-state index contributed by atoms with van der Waals surface area (Å²) < 4.78 is 26.2. The summed E-state index contributed by atoms with van der Waals surface area (Å²) in [6.07, 6.45) is 1.39. The molecule has 2 aromatic carbocycles. The van der Waals surface area contributed by atoms with E-state index in [1.807, 2.05) is 18.2 Å². The normalized spacial score (nSPS) is 17.1. The summed E-state index contributed by atoms with van der Waals surface area (Å²) in [4.78, 5) is 13.2. The molecule has 3 aromatic rings. The molecule has 4 rings (SSSR count). The highest BCUT2D eigenvalue weighted by molar-refractivity contribution is 9.10. The van der Waals surface area contributed by atoms with Crippen LogP contribution in [-0.2, 0) is 24.4 Å². The number of benzene rings is 2. The number of rotatable bonds is 7. The van der Waals surface area contributed by atoms with Crippen molar-refractivity contribution in [3.05, 3.63) is 63.8 Å². The number of likely N-dealkylation sites (tertiary alicyclic amines) is 1. The number of aliphatic carboxylic acids is 1. The van der Waals surface area contributed by atoms with Gasteiger partial charge in [0.05, 0.1) is 12.7 Å². The Labute approximate surface area is 176 Å². The quantitative estimate of drug-likeness (QED) is 0.539. The second-order valence-corrected chi connectivity index (χ2v) is 8.21. The van der Waals surface area contributed by atoms with Crippen LogP contribution in [0.4, 0.5) is 4.39 Å². The number of hydrogen-bond donors (Lipinski definition) is 1. The number of alkyl halides is 1. The molecular weight excluding hydrogens is 441 g/mol. The Morgan fingerprint density at radius 2 is 2.10 bits per heavy atom. The molecule has 1 atom stereocenters. The van der Waals surface area contributed by atoms with Crippen molar-refractivity contribution in [1.82, 2.24) is 4.90 Å². The van der Waals surface area contributed by atoms with Gasteiger partial charge in [-0.15, -0.1) is 0 Å². The minimum Gasteiger partial charge on any atom is -0.488 e. The number of nitrogens with zero attached hydrogens (tertiary/aromatic N) is 1. The zero-order chi connectivity index (χ0) is 20.4. The maximum absolute atomic E-state index is 13.5. The van der Waals surface area contributed by atoms with Crippen LogP contribution in [-0.4, -0.2) is 35.2 Å². The first-order chi connectivity index (χ1) is 14.0. The maximum atomic E-state index is 13.5. The van der Waals surface area contributed by atoms with Crippen molar-refractivity contribution in [1.29, 1.82) is 0 Å². The first-order valence-corrected chi connectivity index (χ1v) is 10.3. The average Bonchev–Trinajstić information content (AvgIpc) is 3.26. The van der Waals surface area contributed by atoms with Crippen molar-refractivity contribution < 1.29 is 23.4 Å². The van der Waals surface area contributed by atoms with E-state index in [9.17, 15) is 9.18 Å². The molecule has 1 saturated heterocycles. The van der Waals surface area contributed by atoms with Crippen LogP contribution in [0.25, 0.3) is 11.0 Å². The lowest BCUT2D eigenvalue weighted by molar-refractivity contribution is -0.136. The van der Waals surface area contributed by atoms with Crippen LogP contribution in [0.1, 0.15) is 23.1 Å². The smallest absolute Gasteiger partial charge is 0.307 e. The number of furan rings is 1. The molecule has 29 heavy (non-hydrogen) atoms. The monoisotopic (exact) mass is 461 g/mol. The number of carboxylic acids is 1. The van der Waals surface area contributed by atoms with Gasteiger partial charge in [0.15, 0.2) is 0 Å². The van der Waals surface area contributed by atoms with Crippen LogP contribution in [0, 0.1) is 0 Å². The number of halogens is 2. The maximum Gasteiger partial charge on any atom is 0.307 e. The van der Waals surface area contributed by atoms with Gasteiger partial charge in [0.25, 0.3) is 0 Å². The molecule has 1 N–H and O–H groups in total. The number of hydrogen-bond acceptors (Lipinski definition) is 4. The average molecular weight is 462 g/mol. The number of carboxylic acid groups (broad SMARTS) is 1. The molecular formula is C22H21BrFNO4. The largest absolute Gasteiger partial charge is 0.488 e. The Hall–Kier alpha value is -2.38. The fourth-order valence-electron chi connectivity index (χ4n) is 3.73. The zero-order valence-electron chi connectivity index (χ0n) is 15.7. The van der Waals surface area contributed by atoms with E-state index in [1.54, 1.807) is 24.5 Å². The molecule has 0 bridgehead atoms. The van der Waals surface area contributed by atoms with Gasteiger partial charge in [0, 0.05) is 46.2 Å². The van der Waals surface area contributed by atoms with Crippen LogP contribution in [0.3, 0.4) is 0 Å². The van der Waals surface area contributed by atoms with E-state index in [0.29, 0.717) is 30.8 Å². The number of para-hydroxylation sites is 1. The number of fused-ring (bicyclic) bond motifs is 1. The van der Waals surface area contributed by atoms with Gasteiger partial charge >= 0.3 is 5.97 Å². The molecule has 1 aliphatic rings. The Balaban J connectivity index is 1.56. The van der Waals surface area contributed by atoms with E-state index in [-0.39, 0.29) is 13.0 Å². The van der Waals surface area contributed by atoms with Crippen molar-refractivity contribution in [2.75, 3.05) is 13.1 Å². The van der Waals surface area contributed by atoms with Crippen LogP contribution in [0.5, 0.6) is 5.75 Å². The number of ether oxygens (including phenoxy) is 1. The first-order valence-electron chi connectivity index (χ1n) is 9.47. The van der Waals surface area contributed by atoms with Crippen molar-refractivity contribution in [3.8, 4) is 5.75 Å². The van der Waals surface area contributed by atoms with Crippen molar-refractivity contribution in [2.24, 2.45) is 0 Å². The second kappa shape index (κ2) is 8.55. The van der Waals surface area contributed by atoms with Crippen LogP contribution in [0.15, 0.2) is 51.6 Å². The second-order valence-electron chi connectivity index (χ2n) is 7.29. The minimum atomic E-state index is -0.902. The molecule has 0 spiro atoms. The molecule has 0 amide bonds. The molecule has 0 radical (unpaired) electrons. The molecule has 0 saturated carbocycles. The Morgan fingerprint density at radius 1 is 1.28 bits per heavy atom. The first kappa shape index (κ1) is 19.9. The highest BCUT2D eigenvalue weighted by Crippen LogP contribution is 2.31. The topological polar surface area (TPSA) is 62.9 Å². The van der Waals surface area contributed by atoms with E-state index in [4.69, 9.17) is 14.3 Å². The van der Waals surface area contributed by atoms with E-state index in [1.165, 1.54) is 0 Å². The third kappa shape index (κ3) is 4.62. The van der Waals surface area contributed by atoms with E-state index in [2.05, 4.69) is 20.8 Å². The summed E-state index contributed by atoms with van der Waals surface area (Å²) >= 11 is 3.56. The lowest BCUT2D eigenvalue weighted by Gasteiger charge is -2.15. The standard InChI is InChI=1S/C22H21BrFNO4/c23-17-7-15(10-25-6-5-18(24)11-25)22-19(9-17)16(13-29-22)12-28-20-4-2-1-3-14(20)8-21(26)27/h1-4,7,9,13,18H,5-6,8,10-12H2,(H,26,27). The molecule has 2 heterocycles.